The number of thiophene rings is 1. The zero-order valence-electron chi connectivity index (χ0n) is 29.1. The average molecular weight is 835 g/mol. The van der Waals surface area contributed by atoms with Gasteiger partial charge in [-0.15, -0.1) is 18.2 Å². The van der Waals surface area contributed by atoms with Crippen molar-refractivity contribution in [3.8, 4) is 11.3 Å². The Morgan fingerprint density at radius 3 is 2.19 bits per heavy atom. The number of hydrogen-bond acceptors (Lipinski definition) is 3. The first-order chi connectivity index (χ1) is 22.7. The van der Waals surface area contributed by atoms with Gasteiger partial charge in [-0.25, -0.2) is 0 Å². The van der Waals surface area contributed by atoms with Crippen LogP contribution in [0.4, 0.5) is 0 Å². The van der Waals surface area contributed by atoms with E-state index in [-0.39, 0.29) is 43.5 Å². The van der Waals surface area contributed by atoms with Crippen molar-refractivity contribution in [2.75, 3.05) is 0 Å². The molecule has 0 aliphatic heterocycles. The Morgan fingerprint density at radius 2 is 1.52 bits per heavy atom. The van der Waals surface area contributed by atoms with Gasteiger partial charge in [0.05, 0.1) is 5.76 Å². The quantitative estimate of drug-likeness (QED) is 0.0491. The third-order valence-corrected chi connectivity index (χ3v) is 10.6. The maximum absolute atomic E-state index is 11.7. The Labute approximate surface area is 304 Å². The molecule has 48 heavy (non-hydrogen) atoms. The van der Waals surface area contributed by atoms with Crippen LogP contribution < -0.4 is 4.57 Å². The SMILES string of the molecule is CCC(CC)C(=O)/C=C(\O)C(CC)CC.[CH2-][n+]1c(-c2[c-]ccc3c2sc2ccccc23)cc(CC(C)C)c2c3ccccc3ccc21.[Ir]. The first-order valence-electron chi connectivity index (χ1n) is 17.2. The molecule has 0 saturated heterocycles. The summed E-state index contributed by atoms with van der Waals surface area (Å²) < 4.78 is 4.70. The molecule has 0 saturated carbocycles. The fourth-order valence-electron chi connectivity index (χ4n) is 6.74. The molecule has 0 spiro atoms. The second-order valence-electron chi connectivity index (χ2n) is 13.0. The third kappa shape index (κ3) is 7.70. The molecule has 0 aliphatic rings. The summed E-state index contributed by atoms with van der Waals surface area (Å²) in [5.41, 5.74) is 4.82. The molecule has 0 aliphatic carbocycles. The van der Waals surface area contributed by atoms with E-state index in [1.54, 1.807) is 0 Å². The minimum atomic E-state index is 0. The number of aromatic nitrogens is 1. The molecule has 0 fully saturated rings. The average Bonchev–Trinajstić information content (AvgIpc) is 3.46. The third-order valence-electron chi connectivity index (χ3n) is 9.43. The monoisotopic (exact) mass is 835 g/mol. The van der Waals surface area contributed by atoms with Crippen LogP contribution in [0.25, 0.3) is 53.1 Å². The van der Waals surface area contributed by atoms with Crippen molar-refractivity contribution in [3.63, 3.8) is 0 Å². The number of aliphatic hydroxyl groups excluding tert-OH is 1. The predicted molar refractivity (Wildman–Crippen MR) is 202 cm³/mol. The zero-order valence-corrected chi connectivity index (χ0v) is 32.3. The Hall–Kier alpha value is -3.50. The number of nitrogens with zero attached hydrogens (tertiary/aromatic N) is 1. The molecule has 2 heterocycles. The number of carbonyl (C=O) groups is 1. The number of pyridine rings is 1. The summed E-state index contributed by atoms with van der Waals surface area (Å²) in [6.45, 7) is 12.7. The first-order valence-corrected chi connectivity index (χ1v) is 18.0. The molecule has 0 amide bonds. The van der Waals surface area contributed by atoms with Gasteiger partial charge in [0.25, 0.3) is 0 Å². The zero-order chi connectivity index (χ0) is 33.7. The molecule has 2 aromatic heterocycles. The number of aliphatic hydroxyl groups is 1. The van der Waals surface area contributed by atoms with Crippen molar-refractivity contribution in [1.82, 2.24) is 0 Å². The topological polar surface area (TPSA) is 41.2 Å². The van der Waals surface area contributed by atoms with Crippen LogP contribution in [0, 0.1) is 30.9 Å². The van der Waals surface area contributed by atoms with Crippen LogP contribution >= 0.6 is 11.3 Å². The van der Waals surface area contributed by atoms with Crippen LogP contribution in [0.15, 0.2) is 90.7 Å². The van der Waals surface area contributed by atoms with Crippen molar-refractivity contribution in [1.29, 1.82) is 0 Å². The molecule has 0 unspecified atom stereocenters. The van der Waals surface area contributed by atoms with Crippen molar-refractivity contribution in [3.05, 3.63) is 109 Å². The summed E-state index contributed by atoms with van der Waals surface area (Å²) in [7, 11) is 4.51. The molecule has 1 radical (unpaired) electrons. The van der Waals surface area contributed by atoms with E-state index in [1.165, 1.54) is 53.5 Å². The van der Waals surface area contributed by atoms with Gasteiger partial charge in [-0.05, 0) is 82.6 Å². The fourth-order valence-corrected chi connectivity index (χ4v) is 7.94. The largest absolute Gasteiger partial charge is 0.512 e. The molecule has 4 aromatic carbocycles. The number of benzene rings is 4. The van der Waals surface area contributed by atoms with Crippen LogP contribution in [0.3, 0.4) is 0 Å². The molecular weight excluding hydrogens is 787 g/mol. The van der Waals surface area contributed by atoms with Crippen LogP contribution in [0.2, 0.25) is 0 Å². The summed E-state index contributed by atoms with van der Waals surface area (Å²) in [6.07, 6.45) is 5.93. The van der Waals surface area contributed by atoms with Crippen molar-refractivity contribution < 1.29 is 34.6 Å². The van der Waals surface area contributed by atoms with Gasteiger partial charge < -0.3 is 9.67 Å². The predicted octanol–water partition coefficient (Wildman–Crippen LogP) is 11.8. The molecule has 5 heteroatoms. The van der Waals surface area contributed by atoms with Crippen LogP contribution in [0.1, 0.15) is 72.8 Å². The second kappa shape index (κ2) is 16.7. The Kier molecular flexibility index (Phi) is 13.0. The molecule has 253 valence electrons. The summed E-state index contributed by atoms with van der Waals surface area (Å²) in [6, 6.07) is 31.9. The van der Waals surface area contributed by atoms with Gasteiger partial charge in [-0.3, -0.25) is 4.79 Å². The van der Waals surface area contributed by atoms with Crippen molar-refractivity contribution in [2.24, 2.45) is 17.8 Å². The second-order valence-corrected chi connectivity index (χ2v) is 14.0. The Morgan fingerprint density at radius 1 is 0.875 bits per heavy atom. The van der Waals surface area contributed by atoms with Gasteiger partial charge in [0, 0.05) is 55.2 Å². The number of allylic oxidation sites excluding steroid dienone is 2. The maximum atomic E-state index is 11.7. The van der Waals surface area contributed by atoms with E-state index in [2.05, 4.69) is 110 Å². The van der Waals surface area contributed by atoms with Crippen LogP contribution in [-0.2, 0) is 31.3 Å². The van der Waals surface area contributed by atoms with Gasteiger partial charge in [0.2, 0.25) is 0 Å². The van der Waals surface area contributed by atoms with E-state index in [1.807, 2.05) is 39.0 Å². The number of ketones is 1. The smallest absolute Gasteiger partial charge is 0.162 e. The molecule has 3 nitrogen and oxygen atoms in total. The van der Waals surface area contributed by atoms with Gasteiger partial charge in [-0.1, -0.05) is 101 Å². The van der Waals surface area contributed by atoms with E-state index < -0.39 is 0 Å². The molecule has 6 aromatic rings. The molecule has 6 rings (SSSR count). The number of carbonyl (C=O) groups excluding carboxylic acids is 1. The van der Waals surface area contributed by atoms with Crippen LogP contribution in [-0.4, -0.2) is 10.9 Å². The van der Waals surface area contributed by atoms with Gasteiger partial charge in [0.15, 0.2) is 5.78 Å². The van der Waals surface area contributed by atoms with E-state index in [9.17, 15) is 9.90 Å². The van der Waals surface area contributed by atoms with E-state index in [0.29, 0.717) is 5.92 Å². The number of fused-ring (bicyclic) bond motifs is 6. The normalized spacial score (nSPS) is 11.9. The summed E-state index contributed by atoms with van der Waals surface area (Å²) in [5, 5.41) is 16.3. The van der Waals surface area contributed by atoms with Gasteiger partial charge in [0.1, 0.15) is 11.2 Å². The van der Waals surface area contributed by atoms with Gasteiger partial charge >= 0.3 is 0 Å². The molecule has 0 atom stereocenters. The first kappa shape index (κ1) is 37.3. The number of hydrogen-bond donors (Lipinski definition) is 1. The maximum Gasteiger partial charge on any atom is 0.162 e. The molecular formula is C43H48IrNO2S-. The summed E-state index contributed by atoms with van der Waals surface area (Å²) in [5.74, 6) is 1.11. The van der Waals surface area contributed by atoms with Crippen molar-refractivity contribution in [2.45, 2.75) is 73.6 Å². The molecule has 0 bridgehead atoms. The Bertz CT molecular complexity index is 2050. The minimum Gasteiger partial charge on any atom is -0.512 e. The minimum absolute atomic E-state index is 0. The summed E-state index contributed by atoms with van der Waals surface area (Å²) >= 11 is 1.85. The number of rotatable bonds is 10. The standard InChI is InChI=1S/C30H24NS.C13H24O2.Ir/c1-19(2)17-21-18-27(31(3)26-16-15-20-9-4-5-10-22(20)29(21)26)25-13-8-12-24-23-11-6-7-14-28(23)32-30(24)25;1-5-10(6-2)12(14)9-13(15)11(7-3)8-4;/h4-12,14-16,18-19H,3,17H2,1-2H3;9-11,14H,5-8H2,1-4H3;/q-1;;/b;12-9-;. The Balaban J connectivity index is 0.000000279. The fraction of sp³-hybridized carbons (Fsp3) is 0.326. The molecule has 1 N–H and O–H groups in total. The summed E-state index contributed by atoms with van der Waals surface area (Å²) in [4.78, 5) is 11.7. The van der Waals surface area contributed by atoms with Gasteiger partial charge in [-0.2, -0.15) is 11.3 Å². The van der Waals surface area contributed by atoms with E-state index >= 15 is 0 Å². The van der Waals surface area contributed by atoms with E-state index in [4.69, 9.17) is 0 Å². The van der Waals surface area contributed by atoms with E-state index in [0.717, 1.165) is 43.4 Å². The van der Waals surface area contributed by atoms with Crippen LogP contribution in [0.5, 0.6) is 0 Å². The van der Waals surface area contributed by atoms with Crippen molar-refractivity contribution >= 4 is 59.0 Å².